The van der Waals surface area contributed by atoms with Crippen LogP contribution < -0.4 is 0 Å². The molecule has 6 aromatic rings. The van der Waals surface area contributed by atoms with Crippen molar-refractivity contribution in [3.63, 3.8) is 0 Å². The minimum Gasteiger partial charge on any atom is -0.274 e. The summed E-state index contributed by atoms with van der Waals surface area (Å²) in [7, 11) is 0. The van der Waals surface area contributed by atoms with E-state index in [-0.39, 0.29) is 35.5 Å². The van der Waals surface area contributed by atoms with Gasteiger partial charge in [-0.05, 0) is 110 Å². The van der Waals surface area contributed by atoms with Crippen molar-refractivity contribution in [2.24, 2.45) is 11.8 Å². The van der Waals surface area contributed by atoms with Gasteiger partial charge in [-0.25, -0.2) is 0 Å². The van der Waals surface area contributed by atoms with Crippen LogP contribution in [-0.2, 0) is 12.8 Å². The number of benzene rings is 1. The van der Waals surface area contributed by atoms with Gasteiger partial charge in [-0.15, -0.1) is 56.7 Å². The van der Waals surface area contributed by atoms with Crippen molar-refractivity contribution in [1.82, 2.24) is 9.80 Å². The van der Waals surface area contributed by atoms with Gasteiger partial charge in [0, 0.05) is 46.9 Å². The number of unbranched alkanes of at least 4 members (excludes halogenated alkanes) is 20. The number of imide groups is 2. The molecule has 0 fully saturated rings. The van der Waals surface area contributed by atoms with Crippen molar-refractivity contribution >= 4 is 100 Å². The molecule has 2 aliphatic rings. The standard InChI is InChI=1S/C68H94N2O4S5/c1-9-15-19-21-23-25-27-29-31-33-37-49-51-41-45(7)75-60(51)50(38-34-32-30-28-26-24-22-20-16-10-2)52-42-55(78-61(49)52)64-59-58(67(73)70(68(59)74)44-48(14-6)36-18-12-4)63(79-64)54-40-39-53(77-54)62-57-56(46(8)76-62)65(71)69(66(57)72)43-47(13-5)35-17-11-3/h39-42,47-48H,9-38,43-44H2,1-8H3. The summed E-state index contributed by atoms with van der Waals surface area (Å²) in [6.45, 7) is 18.4. The molecule has 0 spiro atoms. The summed E-state index contributed by atoms with van der Waals surface area (Å²) in [4.78, 5) is 69.5. The number of carbonyl (C=O) groups is 4. The third-order valence-electron chi connectivity index (χ3n) is 17.4. The van der Waals surface area contributed by atoms with E-state index in [1.54, 1.807) is 27.6 Å². The minimum atomic E-state index is -0.187. The number of fused-ring (bicyclic) bond motifs is 4. The summed E-state index contributed by atoms with van der Waals surface area (Å²) in [5.74, 6) is -0.173. The fourth-order valence-corrected chi connectivity index (χ4v) is 18.8. The Kier molecular flexibility index (Phi) is 23.5. The zero-order valence-corrected chi connectivity index (χ0v) is 53.7. The van der Waals surface area contributed by atoms with Crippen LogP contribution in [0.1, 0.15) is 284 Å². The van der Waals surface area contributed by atoms with Crippen molar-refractivity contribution in [3.8, 4) is 29.3 Å². The summed E-state index contributed by atoms with van der Waals surface area (Å²) in [5, 5.41) is 2.78. The highest BCUT2D eigenvalue weighted by Gasteiger charge is 2.45. The average molecular weight is 1160 g/mol. The lowest BCUT2D eigenvalue weighted by atomic mass is 9.94. The fraction of sp³-hybridized carbons (Fsp3) is 0.618. The minimum absolute atomic E-state index is 0.158. The highest BCUT2D eigenvalue weighted by Crippen LogP contribution is 2.54. The monoisotopic (exact) mass is 1160 g/mol. The number of aryl methyl sites for hydroxylation is 4. The summed E-state index contributed by atoms with van der Waals surface area (Å²) in [6.07, 6.45) is 36.4. The van der Waals surface area contributed by atoms with E-state index in [1.807, 2.05) is 29.6 Å². The largest absolute Gasteiger partial charge is 0.274 e. The second-order valence-corrected chi connectivity index (χ2v) is 29.1. The van der Waals surface area contributed by atoms with Gasteiger partial charge in [0.1, 0.15) is 0 Å². The molecule has 2 aliphatic heterocycles. The van der Waals surface area contributed by atoms with Gasteiger partial charge in [-0.1, -0.05) is 196 Å². The van der Waals surface area contributed by atoms with Gasteiger partial charge < -0.3 is 0 Å². The average Bonchev–Trinajstić information content (AvgIpc) is 4.32. The second kappa shape index (κ2) is 30.2. The molecule has 79 heavy (non-hydrogen) atoms. The van der Waals surface area contributed by atoms with Gasteiger partial charge in [0.05, 0.1) is 36.9 Å². The number of carbonyl (C=O) groups excluding carboxylic acids is 4. The van der Waals surface area contributed by atoms with Crippen molar-refractivity contribution in [3.05, 3.63) is 67.4 Å². The van der Waals surface area contributed by atoms with Gasteiger partial charge in [0.15, 0.2) is 0 Å². The second-order valence-electron chi connectivity index (χ2n) is 23.5. The van der Waals surface area contributed by atoms with Crippen molar-refractivity contribution in [1.29, 1.82) is 0 Å². The molecular weight excluding hydrogens is 1070 g/mol. The molecule has 5 aromatic heterocycles. The van der Waals surface area contributed by atoms with Crippen LogP contribution >= 0.6 is 56.7 Å². The van der Waals surface area contributed by atoms with E-state index >= 15 is 9.59 Å². The van der Waals surface area contributed by atoms with Gasteiger partial charge in [-0.2, -0.15) is 0 Å². The van der Waals surface area contributed by atoms with Gasteiger partial charge in [0.25, 0.3) is 23.6 Å². The maximum absolute atomic E-state index is 15.2. The zero-order valence-electron chi connectivity index (χ0n) is 49.7. The van der Waals surface area contributed by atoms with Gasteiger partial charge in [0.2, 0.25) is 0 Å². The van der Waals surface area contributed by atoms with Gasteiger partial charge in [-0.3, -0.25) is 29.0 Å². The van der Waals surface area contributed by atoms with E-state index in [9.17, 15) is 9.59 Å². The summed E-state index contributed by atoms with van der Waals surface area (Å²) < 4.78 is 2.82. The Morgan fingerprint density at radius 2 is 0.772 bits per heavy atom. The molecule has 0 saturated carbocycles. The Balaban J connectivity index is 1.16. The highest BCUT2D eigenvalue weighted by atomic mass is 32.1. The number of amides is 4. The highest BCUT2D eigenvalue weighted by molar-refractivity contribution is 7.30. The van der Waals surface area contributed by atoms with Crippen molar-refractivity contribution in [2.75, 3.05) is 13.1 Å². The normalized spacial score (nSPS) is 14.4. The first kappa shape index (κ1) is 61.6. The molecule has 4 amide bonds. The predicted molar refractivity (Wildman–Crippen MR) is 345 cm³/mol. The van der Waals surface area contributed by atoms with Gasteiger partial charge >= 0.3 is 0 Å². The summed E-state index contributed by atoms with van der Waals surface area (Å²) in [6, 6.07) is 9.04. The van der Waals surface area contributed by atoms with Crippen LogP contribution in [0.15, 0.2) is 24.3 Å². The third-order valence-corrected chi connectivity index (χ3v) is 23.6. The number of thiophene rings is 5. The maximum atomic E-state index is 15.2. The van der Waals surface area contributed by atoms with Crippen LogP contribution in [0.25, 0.3) is 49.4 Å². The Labute approximate surface area is 495 Å². The van der Waals surface area contributed by atoms with E-state index in [4.69, 9.17) is 0 Å². The molecule has 2 unspecified atom stereocenters. The molecule has 0 aliphatic carbocycles. The van der Waals surface area contributed by atoms with E-state index in [2.05, 4.69) is 72.7 Å². The van der Waals surface area contributed by atoms with E-state index < -0.39 is 0 Å². The lowest BCUT2D eigenvalue weighted by Crippen LogP contribution is -2.34. The quantitative estimate of drug-likeness (QED) is 0.0288. The predicted octanol–water partition coefficient (Wildman–Crippen LogP) is 22.5. The molecule has 0 N–H and O–H groups in total. The Hall–Kier alpha value is -3.48. The number of rotatable bonds is 37. The molecular formula is C68H94N2O4S5. The van der Waals surface area contributed by atoms with Crippen LogP contribution in [0.4, 0.5) is 0 Å². The molecule has 7 heterocycles. The molecule has 0 saturated heterocycles. The van der Waals surface area contributed by atoms with Crippen LogP contribution in [0.2, 0.25) is 0 Å². The molecule has 11 heteroatoms. The first-order valence-corrected chi connectivity index (χ1v) is 35.7. The fourth-order valence-electron chi connectivity index (χ4n) is 12.6. The Morgan fingerprint density at radius 1 is 0.392 bits per heavy atom. The van der Waals surface area contributed by atoms with Crippen LogP contribution in [-0.4, -0.2) is 46.5 Å². The van der Waals surface area contributed by atoms with Crippen LogP contribution in [0, 0.1) is 25.7 Å². The first-order valence-electron chi connectivity index (χ1n) is 31.6. The zero-order chi connectivity index (χ0) is 56.0. The Morgan fingerprint density at radius 3 is 1.23 bits per heavy atom. The number of nitrogens with zero attached hydrogens (tertiary/aromatic N) is 2. The number of hydrogen-bond acceptors (Lipinski definition) is 9. The molecule has 430 valence electrons. The molecule has 2 atom stereocenters. The third kappa shape index (κ3) is 14.3. The summed E-state index contributed by atoms with van der Waals surface area (Å²) >= 11 is 8.53. The molecule has 8 rings (SSSR count). The maximum Gasteiger partial charge on any atom is 0.263 e. The number of hydrogen-bond donors (Lipinski definition) is 0. The van der Waals surface area contributed by atoms with Crippen molar-refractivity contribution < 1.29 is 19.2 Å². The lowest BCUT2D eigenvalue weighted by Gasteiger charge is -2.21. The molecule has 0 bridgehead atoms. The van der Waals surface area contributed by atoms with Crippen LogP contribution in [0.3, 0.4) is 0 Å². The van der Waals surface area contributed by atoms with Crippen LogP contribution in [0.5, 0.6) is 0 Å². The SMILES string of the molecule is CCCCCCCCCCCCc1c2cc(-c3sc(-c4ccc(-c5sc(C)c6c5C(=O)N(CC(CC)CCCC)C6=O)s4)c4c3C(=O)N(CC(CC)CCCC)C4=O)sc2c(CCCCCCCCCCCC)c2cc(C)sc12. The molecule has 6 nitrogen and oxygen atoms in total. The topological polar surface area (TPSA) is 74.8 Å². The van der Waals surface area contributed by atoms with E-state index in [1.165, 1.54) is 181 Å². The Bertz CT molecular complexity index is 2920. The molecule has 1 aromatic carbocycles. The van der Waals surface area contributed by atoms with Crippen molar-refractivity contribution in [2.45, 2.75) is 248 Å². The van der Waals surface area contributed by atoms with E-state index in [0.717, 1.165) is 98.3 Å². The first-order chi connectivity index (χ1) is 38.5. The lowest BCUT2D eigenvalue weighted by molar-refractivity contribution is 0.0609. The smallest absolute Gasteiger partial charge is 0.263 e. The summed E-state index contributed by atoms with van der Waals surface area (Å²) in [5.41, 5.74) is 5.12. The molecule has 0 radical (unpaired) electrons. The van der Waals surface area contributed by atoms with E-state index in [0.29, 0.717) is 35.3 Å².